The van der Waals surface area contributed by atoms with Crippen molar-refractivity contribution in [3.63, 3.8) is 0 Å². The summed E-state index contributed by atoms with van der Waals surface area (Å²) in [5.74, 6) is 0. The van der Waals surface area contributed by atoms with Gasteiger partial charge in [-0.25, -0.2) is 0 Å². The first-order chi connectivity index (χ1) is 11.7. The summed E-state index contributed by atoms with van der Waals surface area (Å²) < 4.78 is 0. The summed E-state index contributed by atoms with van der Waals surface area (Å²) in [7, 11) is 9.93. The minimum absolute atomic E-state index is 0.0576. The van der Waals surface area contributed by atoms with Crippen LogP contribution >= 0.6 is 24.9 Å². The van der Waals surface area contributed by atoms with Crippen LogP contribution in [-0.2, 0) is 20.8 Å². The van der Waals surface area contributed by atoms with E-state index >= 15 is 0 Å². The Balaban J connectivity index is 0.000000154. The van der Waals surface area contributed by atoms with Crippen molar-refractivity contribution in [2.24, 2.45) is 0 Å². The van der Waals surface area contributed by atoms with Gasteiger partial charge in [0.05, 0.1) is 0 Å². The van der Waals surface area contributed by atoms with Gasteiger partial charge in [0.15, 0.2) is 0 Å². The first kappa shape index (κ1) is 19.9. The van der Waals surface area contributed by atoms with Crippen LogP contribution in [0.3, 0.4) is 0 Å². The van der Waals surface area contributed by atoms with Crippen LogP contribution in [0.5, 0.6) is 0 Å². The van der Waals surface area contributed by atoms with Crippen molar-refractivity contribution in [3.05, 3.63) is 78.9 Å². The molecule has 4 aromatic carbocycles. The number of fused-ring (bicyclic) bond motifs is 2. The van der Waals surface area contributed by atoms with Crippen LogP contribution in [0, 0.1) is 0 Å². The molecule has 0 spiro atoms. The zero-order chi connectivity index (χ0) is 17.4. The molecular weight excluding hydrogens is 433 g/mol. The molecule has 0 aliphatic carbocycles. The monoisotopic (exact) mass is 450 g/mol. The van der Waals surface area contributed by atoms with Gasteiger partial charge in [0.2, 0.25) is 0 Å². The molecule has 0 N–H and O–H groups in total. The maximum absolute atomic E-state index is 4.93. The molecule has 0 aliphatic heterocycles. The Morgan fingerprint density at radius 1 is 0.833 bits per heavy atom. The largest absolute Gasteiger partial charge is 0.168 e. The summed E-state index contributed by atoms with van der Waals surface area (Å²) in [6.45, 7) is 4.59. The van der Waals surface area contributed by atoms with Crippen LogP contribution in [0.1, 0.15) is 0 Å². The SMILES string of the molecule is CP(C)c1cc2ccccc2[cH-]1.[Cl][Zr+2][Cl].c1ccc2[cH-]ccc2c1. The normalized spacial score (nSPS) is 9.88. The van der Waals surface area contributed by atoms with E-state index in [2.05, 4.69) is 92.2 Å². The van der Waals surface area contributed by atoms with Crippen molar-refractivity contribution in [1.82, 2.24) is 0 Å². The van der Waals surface area contributed by atoms with E-state index in [1.165, 1.54) is 26.8 Å². The molecule has 4 rings (SSSR count). The second-order valence-corrected chi connectivity index (χ2v) is 11.5. The number of rotatable bonds is 1. The van der Waals surface area contributed by atoms with Gasteiger partial charge in [-0.15, -0.1) is 77.9 Å². The molecular formula is C20H19Cl2PZr. The molecule has 4 heteroatoms. The van der Waals surface area contributed by atoms with Crippen molar-refractivity contribution in [2.75, 3.05) is 13.3 Å². The fourth-order valence-corrected chi connectivity index (χ4v) is 3.26. The molecule has 0 amide bonds. The molecule has 0 nitrogen and oxygen atoms in total. The summed E-state index contributed by atoms with van der Waals surface area (Å²) in [6.07, 6.45) is 0. The average Bonchev–Trinajstić information content (AvgIpc) is 3.23. The van der Waals surface area contributed by atoms with E-state index in [4.69, 9.17) is 17.0 Å². The molecule has 0 bridgehead atoms. The van der Waals surface area contributed by atoms with Gasteiger partial charge < -0.3 is 0 Å². The molecule has 0 atom stereocenters. The van der Waals surface area contributed by atoms with Crippen molar-refractivity contribution in [2.45, 2.75) is 0 Å². The Hall–Kier alpha value is -0.447. The molecule has 0 aromatic heterocycles. The average molecular weight is 452 g/mol. The minimum atomic E-state index is -0.826. The molecule has 0 aliphatic rings. The van der Waals surface area contributed by atoms with Crippen molar-refractivity contribution < 1.29 is 20.8 Å². The Labute approximate surface area is 163 Å². The van der Waals surface area contributed by atoms with Crippen LogP contribution < -0.4 is 5.30 Å². The van der Waals surface area contributed by atoms with E-state index < -0.39 is 20.8 Å². The van der Waals surface area contributed by atoms with Gasteiger partial charge in [-0.3, -0.25) is 0 Å². The van der Waals surface area contributed by atoms with Crippen LogP contribution in [0.4, 0.5) is 0 Å². The number of benzene rings is 2. The first-order valence-corrected chi connectivity index (χ1v) is 16.1. The summed E-state index contributed by atoms with van der Waals surface area (Å²) in [5, 5.41) is 6.92. The van der Waals surface area contributed by atoms with Gasteiger partial charge in [-0.05, 0) is 13.3 Å². The molecule has 0 unspecified atom stereocenters. The maximum atomic E-state index is 4.93. The summed E-state index contributed by atoms with van der Waals surface area (Å²) >= 11 is -0.826. The smallest absolute Gasteiger partial charge is 0.0809 e. The third-order valence-corrected chi connectivity index (χ3v) is 4.96. The maximum Gasteiger partial charge on any atom is -0.0809 e. The zero-order valence-electron chi connectivity index (χ0n) is 13.7. The predicted octanol–water partition coefficient (Wildman–Crippen LogP) is 6.86. The second-order valence-electron chi connectivity index (χ2n) is 5.46. The van der Waals surface area contributed by atoms with Crippen LogP contribution in [0.25, 0.3) is 21.5 Å². The van der Waals surface area contributed by atoms with E-state index in [1.54, 1.807) is 0 Å². The Kier molecular flexibility index (Phi) is 8.71. The summed E-state index contributed by atoms with van der Waals surface area (Å²) in [6, 6.07) is 27.8. The molecule has 4 aromatic rings. The van der Waals surface area contributed by atoms with Gasteiger partial charge >= 0.3 is 37.9 Å². The molecule has 0 radical (unpaired) electrons. The third-order valence-electron chi connectivity index (χ3n) is 3.67. The fraction of sp³-hybridized carbons (Fsp3) is 0.100. The van der Waals surface area contributed by atoms with Crippen LogP contribution in [-0.4, -0.2) is 13.3 Å². The molecule has 0 saturated carbocycles. The second kappa shape index (κ2) is 10.5. The Morgan fingerprint density at radius 3 is 2.00 bits per heavy atom. The summed E-state index contributed by atoms with van der Waals surface area (Å²) in [4.78, 5) is 0. The van der Waals surface area contributed by atoms with E-state index in [0.29, 0.717) is 0 Å². The quantitative estimate of drug-likeness (QED) is 0.219. The molecule has 24 heavy (non-hydrogen) atoms. The predicted molar refractivity (Wildman–Crippen MR) is 109 cm³/mol. The number of hydrogen-bond donors (Lipinski definition) is 0. The van der Waals surface area contributed by atoms with E-state index in [1.807, 2.05) is 0 Å². The minimum Gasteiger partial charge on any atom is -0.168 e. The van der Waals surface area contributed by atoms with Crippen molar-refractivity contribution in [3.8, 4) is 0 Å². The number of hydrogen-bond acceptors (Lipinski definition) is 0. The Bertz CT molecular complexity index is 801. The van der Waals surface area contributed by atoms with Crippen molar-refractivity contribution in [1.29, 1.82) is 0 Å². The van der Waals surface area contributed by atoms with Gasteiger partial charge in [0.25, 0.3) is 0 Å². The van der Waals surface area contributed by atoms with Crippen molar-refractivity contribution >= 4 is 51.8 Å². The van der Waals surface area contributed by atoms with E-state index in [-0.39, 0.29) is 7.92 Å². The standard InChI is InChI=1S/C11H12P.C9H7.2ClH.Zr/c1-12(2)11-7-9-5-3-4-6-10(9)8-11;1-2-5-9-7-3-6-8(9)4-1;;;/h3-8H,1-2H3;1-7H;2*1H;/q2*-1;;;+4/p-2. The van der Waals surface area contributed by atoms with Gasteiger partial charge in [0, 0.05) is 0 Å². The Morgan fingerprint density at radius 2 is 1.42 bits per heavy atom. The van der Waals surface area contributed by atoms with E-state index in [0.717, 1.165) is 0 Å². The molecule has 0 heterocycles. The molecule has 0 saturated heterocycles. The third kappa shape index (κ3) is 5.82. The molecule has 0 fully saturated rings. The zero-order valence-corrected chi connectivity index (χ0v) is 18.6. The van der Waals surface area contributed by atoms with Crippen LogP contribution in [0.15, 0.2) is 78.9 Å². The molecule has 122 valence electrons. The summed E-state index contributed by atoms with van der Waals surface area (Å²) in [5.41, 5.74) is 0. The van der Waals surface area contributed by atoms with Gasteiger partial charge in [-0.1, -0.05) is 12.1 Å². The van der Waals surface area contributed by atoms with Gasteiger partial charge in [-0.2, -0.15) is 23.6 Å². The van der Waals surface area contributed by atoms with E-state index in [9.17, 15) is 0 Å². The number of halogens is 2. The topological polar surface area (TPSA) is 0 Å². The van der Waals surface area contributed by atoms with Crippen LogP contribution in [0.2, 0.25) is 0 Å². The first-order valence-electron chi connectivity index (χ1n) is 7.55. The fourth-order valence-electron chi connectivity index (χ4n) is 2.46. The van der Waals surface area contributed by atoms with Gasteiger partial charge in [0.1, 0.15) is 0 Å².